The lowest BCUT2D eigenvalue weighted by molar-refractivity contribution is -0.126. The Bertz CT molecular complexity index is 719. The Hall–Kier alpha value is -1.79. The van der Waals surface area contributed by atoms with E-state index in [1.54, 1.807) is 0 Å². The molecule has 5 nitrogen and oxygen atoms in total. The average Bonchev–Trinajstić information content (AvgIpc) is 3.11. The summed E-state index contributed by atoms with van der Waals surface area (Å²) in [6.45, 7) is 0.596. The lowest BCUT2D eigenvalue weighted by Gasteiger charge is -2.24. The van der Waals surface area contributed by atoms with E-state index in [0.717, 1.165) is 48.7 Å². The Morgan fingerprint density at radius 2 is 1.96 bits per heavy atom. The molecule has 3 rings (SSSR count). The van der Waals surface area contributed by atoms with Gasteiger partial charge in [-0.2, -0.15) is 0 Å². The summed E-state index contributed by atoms with van der Waals surface area (Å²) in [6, 6.07) is 7.23. The van der Waals surface area contributed by atoms with Crippen molar-refractivity contribution < 1.29 is 9.59 Å². The van der Waals surface area contributed by atoms with Crippen LogP contribution in [0, 0.1) is 5.92 Å². The lowest BCUT2D eigenvalue weighted by atomic mass is 9.88. The van der Waals surface area contributed by atoms with Crippen LogP contribution in [0.4, 0.5) is 0 Å². The molecule has 1 aliphatic rings. The van der Waals surface area contributed by atoms with Crippen LogP contribution in [-0.2, 0) is 4.79 Å². The van der Waals surface area contributed by atoms with E-state index in [-0.39, 0.29) is 17.6 Å². The van der Waals surface area contributed by atoms with Gasteiger partial charge in [0.15, 0.2) is 5.01 Å². The number of Topliss-reactive ketones (excluding diaryl/α,β-unsaturated/α-hetero) is 1. The molecule has 6 heteroatoms. The summed E-state index contributed by atoms with van der Waals surface area (Å²) >= 11 is 1.40. The van der Waals surface area contributed by atoms with E-state index >= 15 is 0 Å². The second-order valence-electron chi connectivity index (χ2n) is 7.03. The molecule has 1 atom stereocenters. The molecule has 2 aromatic rings. The van der Waals surface area contributed by atoms with Gasteiger partial charge in [0, 0.05) is 5.92 Å². The number of nitrogens with two attached hydrogens (primary N) is 1. The largest absolute Gasteiger partial charge is 0.346 e. The summed E-state index contributed by atoms with van der Waals surface area (Å²) in [4.78, 5) is 30.1. The molecule has 0 bridgehead atoms. The van der Waals surface area contributed by atoms with E-state index in [1.807, 2.05) is 24.3 Å². The molecule has 1 aromatic carbocycles. The third-order valence-electron chi connectivity index (χ3n) is 5.06. The molecule has 0 radical (unpaired) electrons. The fourth-order valence-corrected chi connectivity index (χ4v) is 4.50. The van der Waals surface area contributed by atoms with Crippen LogP contribution in [0.3, 0.4) is 0 Å². The van der Waals surface area contributed by atoms with Crippen molar-refractivity contribution in [2.75, 3.05) is 6.54 Å². The maximum absolute atomic E-state index is 13.0. The van der Waals surface area contributed by atoms with Crippen molar-refractivity contribution in [3.8, 4) is 0 Å². The van der Waals surface area contributed by atoms with Gasteiger partial charge in [-0.05, 0) is 50.8 Å². The van der Waals surface area contributed by atoms with Gasteiger partial charge in [-0.25, -0.2) is 4.98 Å². The maximum Gasteiger partial charge on any atom is 0.223 e. The number of benzene rings is 1. The van der Waals surface area contributed by atoms with E-state index < -0.39 is 6.04 Å². The normalized spacial score (nSPS) is 16.5. The molecule has 3 N–H and O–H groups in total. The molecule has 0 spiro atoms. The van der Waals surface area contributed by atoms with E-state index in [1.165, 1.54) is 17.8 Å². The van der Waals surface area contributed by atoms with Crippen molar-refractivity contribution in [2.45, 2.75) is 57.4 Å². The predicted molar refractivity (Wildman–Crippen MR) is 105 cm³/mol. The molecular weight excluding hydrogens is 346 g/mol. The number of carbonyl (C=O) groups excluding carboxylic acids is 2. The minimum absolute atomic E-state index is 0.0249. The highest BCUT2D eigenvalue weighted by atomic mass is 32.1. The number of hydrogen-bond donors (Lipinski definition) is 2. The van der Waals surface area contributed by atoms with Gasteiger partial charge in [-0.3, -0.25) is 9.59 Å². The second kappa shape index (κ2) is 9.24. The Morgan fingerprint density at radius 3 is 2.69 bits per heavy atom. The molecule has 1 aromatic heterocycles. The molecule has 0 unspecified atom stereocenters. The van der Waals surface area contributed by atoms with Gasteiger partial charge in [0.05, 0.1) is 16.3 Å². The van der Waals surface area contributed by atoms with Crippen molar-refractivity contribution in [1.82, 2.24) is 10.3 Å². The predicted octanol–water partition coefficient (Wildman–Crippen LogP) is 3.67. The van der Waals surface area contributed by atoms with Crippen LogP contribution in [0.5, 0.6) is 0 Å². The first kappa shape index (κ1) is 19.0. The van der Waals surface area contributed by atoms with Gasteiger partial charge >= 0.3 is 0 Å². The second-order valence-corrected chi connectivity index (χ2v) is 8.06. The van der Waals surface area contributed by atoms with E-state index in [2.05, 4.69) is 10.3 Å². The van der Waals surface area contributed by atoms with Crippen molar-refractivity contribution in [3.63, 3.8) is 0 Å². The average molecular weight is 374 g/mol. The third-order valence-corrected chi connectivity index (χ3v) is 6.11. The van der Waals surface area contributed by atoms with Crippen LogP contribution in [0.15, 0.2) is 24.3 Å². The fourth-order valence-electron chi connectivity index (χ4n) is 3.54. The number of thiazole rings is 1. The number of hydrogen-bond acceptors (Lipinski definition) is 5. The number of nitrogens with one attached hydrogen (secondary N) is 1. The van der Waals surface area contributed by atoms with Crippen LogP contribution < -0.4 is 11.1 Å². The standard InChI is InChI=1S/C20H27N3O2S/c21-13-7-6-11-16(22-19(25)14-8-2-1-3-9-14)18(24)20-23-15-10-4-5-12-17(15)26-20/h4-5,10,12,14,16H,1-3,6-9,11,13,21H2,(H,22,25)/t16-/m0/s1. The van der Waals surface area contributed by atoms with Gasteiger partial charge in [0.1, 0.15) is 0 Å². The van der Waals surface area contributed by atoms with E-state index in [0.29, 0.717) is 18.0 Å². The Kier molecular flexibility index (Phi) is 6.74. The van der Waals surface area contributed by atoms with Gasteiger partial charge in [0.2, 0.25) is 11.7 Å². The molecule has 1 heterocycles. The molecular formula is C20H27N3O2S. The van der Waals surface area contributed by atoms with Crippen LogP contribution in [0.1, 0.15) is 61.2 Å². The molecule has 26 heavy (non-hydrogen) atoms. The van der Waals surface area contributed by atoms with Gasteiger partial charge in [0.25, 0.3) is 0 Å². The summed E-state index contributed by atoms with van der Waals surface area (Å²) < 4.78 is 0.996. The fraction of sp³-hybridized carbons (Fsp3) is 0.550. The lowest BCUT2D eigenvalue weighted by Crippen LogP contribution is -2.44. The van der Waals surface area contributed by atoms with Crippen LogP contribution in [-0.4, -0.2) is 29.3 Å². The quantitative estimate of drug-likeness (QED) is 0.546. The minimum atomic E-state index is -0.503. The zero-order valence-corrected chi connectivity index (χ0v) is 15.9. The third kappa shape index (κ3) is 4.68. The van der Waals surface area contributed by atoms with Crippen LogP contribution in [0.25, 0.3) is 10.2 Å². The topological polar surface area (TPSA) is 85.1 Å². The van der Waals surface area contributed by atoms with E-state index in [9.17, 15) is 9.59 Å². The summed E-state index contributed by atoms with van der Waals surface area (Å²) in [6.07, 6.45) is 7.54. The number of rotatable bonds is 8. The van der Waals surface area contributed by atoms with Crippen LogP contribution >= 0.6 is 11.3 Å². The highest BCUT2D eigenvalue weighted by Crippen LogP contribution is 2.26. The molecule has 0 saturated heterocycles. The molecule has 0 aliphatic heterocycles. The van der Waals surface area contributed by atoms with Gasteiger partial charge in [-0.15, -0.1) is 11.3 Å². The SMILES string of the molecule is NCCCC[C@H](NC(=O)C1CCCCC1)C(=O)c1nc2ccccc2s1. The summed E-state index contributed by atoms with van der Waals surface area (Å²) in [5.74, 6) is -0.00628. The summed E-state index contributed by atoms with van der Waals surface area (Å²) in [5.41, 5.74) is 6.42. The Morgan fingerprint density at radius 1 is 1.19 bits per heavy atom. The number of amides is 1. The van der Waals surface area contributed by atoms with E-state index in [4.69, 9.17) is 5.73 Å². The Labute approximate surface area is 158 Å². The molecule has 1 saturated carbocycles. The number of fused-ring (bicyclic) bond motifs is 1. The number of para-hydroxylation sites is 1. The molecule has 1 fully saturated rings. The number of nitrogens with zero attached hydrogens (tertiary/aromatic N) is 1. The minimum Gasteiger partial charge on any atom is -0.346 e. The molecule has 1 amide bonds. The summed E-state index contributed by atoms with van der Waals surface area (Å²) in [7, 11) is 0. The van der Waals surface area contributed by atoms with Crippen molar-refractivity contribution in [3.05, 3.63) is 29.3 Å². The summed E-state index contributed by atoms with van der Waals surface area (Å²) in [5, 5.41) is 3.51. The van der Waals surface area contributed by atoms with Gasteiger partial charge < -0.3 is 11.1 Å². The molecule has 1 aliphatic carbocycles. The molecule has 140 valence electrons. The Balaban J connectivity index is 1.73. The van der Waals surface area contributed by atoms with Crippen LogP contribution in [0.2, 0.25) is 0 Å². The first-order valence-electron chi connectivity index (χ1n) is 9.59. The first-order chi connectivity index (χ1) is 12.7. The van der Waals surface area contributed by atoms with Crippen molar-refractivity contribution in [1.29, 1.82) is 0 Å². The van der Waals surface area contributed by atoms with Crippen molar-refractivity contribution >= 4 is 33.2 Å². The van der Waals surface area contributed by atoms with Gasteiger partial charge in [-0.1, -0.05) is 31.4 Å². The number of aromatic nitrogens is 1. The highest BCUT2D eigenvalue weighted by Gasteiger charge is 2.28. The maximum atomic E-state index is 13.0. The number of unbranched alkanes of at least 4 members (excludes halogenated alkanes) is 1. The monoisotopic (exact) mass is 373 g/mol. The zero-order valence-electron chi connectivity index (χ0n) is 15.1. The highest BCUT2D eigenvalue weighted by molar-refractivity contribution is 7.20. The zero-order chi connectivity index (χ0) is 18.4. The first-order valence-corrected chi connectivity index (χ1v) is 10.4. The van der Waals surface area contributed by atoms with Crippen molar-refractivity contribution in [2.24, 2.45) is 11.7 Å². The number of carbonyl (C=O) groups is 2. The number of ketones is 1. The smallest absolute Gasteiger partial charge is 0.223 e.